The number of nitrogens with one attached hydrogen (secondary N) is 2. The second-order valence-corrected chi connectivity index (χ2v) is 6.01. The van der Waals surface area contributed by atoms with Gasteiger partial charge in [-0.3, -0.25) is 0 Å². The van der Waals surface area contributed by atoms with Crippen LogP contribution in [-0.2, 0) is 6.54 Å². The lowest BCUT2D eigenvalue weighted by atomic mass is 10.1. The van der Waals surface area contributed by atoms with E-state index in [9.17, 15) is 0 Å². The van der Waals surface area contributed by atoms with Crippen molar-refractivity contribution in [2.45, 2.75) is 44.8 Å². The minimum Gasteiger partial charge on any atom is -0.383 e. The normalized spacial score (nSPS) is 20.7. The first-order valence-corrected chi connectivity index (χ1v) is 7.37. The predicted octanol–water partition coefficient (Wildman–Crippen LogP) is 2.69. The van der Waals surface area contributed by atoms with Crippen LogP contribution < -0.4 is 10.6 Å². The maximum absolute atomic E-state index is 3.62. The van der Waals surface area contributed by atoms with Crippen LogP contribution in [0.5, 0.6) is 0 Å². The van der Waals surface area contributed by atoms with E-state index in [-0.39, 0.29) is 0 Å². The summed E-state index contributed by atoms with van der Waals surface area (Å²) in [5.74, 6) is 0. The van der Waals surface area contributed by atoms with Gasteiger partial charge in [0.15, 0.2) is 0 Å². The summed E-state index contributed by atoms with van der Waals surface area (Å²) in [5.41, 5.74) is 2.60. The fourth-order valence-corrected chi connectivity index (χ4v) is 2.85. The van der Waals surface area contributed by atoms with E-state index in [0.29, 0.717) is 12.1 Å². The quantitative estimate of drug-likeness (QED) is 0.824. The van der Waals surface area contributed by atoms with Gasteiger partial charge >= 0.3 is 0 Å². The van der Waals surface area contributed by atoms with Gasteiger partial charge in [0.1, 0.15) is 0 Å². The van der Waals surface area contributed by atoms with Crippen molar-refractivity contribution < 1.29 is 0 Å². The number of rotatable bonds is 6. The highest BCUT2D eigenvalue weighted by atomic mass is 15.0. The molecule has 1 aromatic rings. The third-order valence-corrected chi connectivity index (χ3v) is 3.64. The molecule has 0 aliphatic carbocycles. The summed E-state index contributed by atoms with van der Waals surface area (Å²) >= 11 is 0. The molecule has 0 radical (unpaired) electrons. The standard InChI is InChI=1S/C16H27N3/c1-13(10-15-8-5-9-17-15)18-16-7-4-6-14(11-16)12-19(2)3/h4,6-7,11,13,15,17-18H,5,8-10,12H2,1-3H3. The highest BCUT2D eigenvalue weighted by molar-refractivity contribution is 5.46. The van der Waals surface area contributed by atoms with Gasteiger partial charge in [0.25, 0.3) is 0 Å². The molecule has 106 valence electrons. The average Bonchev–Trinajstić information content (AvgIpc) is 2.81. The SMILES string of the molecule is CC(CC1CCCN1)Nc1cccc(CN(C)C)c1. The van der Waals surface area contributed by atoms with E-state index in [2.05, 4.69) is 60.8 Å². The zero-order chi connectivity index (χ0) is 13.7. The number of anilines is 1. The summed E-state index contributed by atoms with van der Waals surface area (Å²) in [6.45, 7) is 4.46. The lowest BCUT2D eigenvalue weighted by molar-refractivity contribution is 0.402. The van der Waals surface area contributed by atoms with Gasteiger partial charge in [-0.05, 0) is 64.5 Å². The van der Waals surface area contributed by atoms with Crippen molar-refractivity contribution in [3.8, 4) is 0 Å². The zero-order valence-electron chi connectivity index (χ0n) is 12.4. The van der Waals surface area contributed by atoms with Crippen LogP contribution in [0.3, 0.4) is 0 Å². The van der Waals surface area contributed by atoms with Gasteiger partial charge < -0.3 is 15.5 Å². The summed E-state index contributed by atoms with van der Waals surface area (Å²) in [7, 11) is 4.21. The van der Waals surface area contributed by atoms with E-state index in [1.165, 1.54) is 37.1 Å². The molecule has 2 unspecified atom stereocenters. The molecule has 3 nitrogen and oxygen atoms in total. The highest BCUT2D eigenvalue weighted by Gasteiger charge is 2.16. The van der Waals surface area contributed by atoms with Crippen LogP contribution in [0.25, 0.3) is 0 Å². The summed E-state index contributed by atoms with van der Waals surface area (Å²) in [5, 5.41) is 7.19. The van der Waals surface area contributed by atoms with Gasteiger partial charge in [-0.2, -0.15) is 0 Å². The van der Waals surface area contributed by atoms with E-state index < -0.39 is 0 Å². The van der Waals surface area contributed by atoms with Crippen molar-refractivity contribution >= 4 is 5.69 Å². The van der Waals surface area contributed by atoms with Crippen LogP contribution in [0.15, 0.2) is 24.3 Å². The van der Waals surface area contributed by atoms with Gasteiger partial charge in [0, 0.05) is 24.3 Å². The van der Waals surface area contributed by atoms with E-state index in [1.807, 2.05) is 0 Å². The zero-order valence-corrected chi connectivity index (χ0v) is 12.4. The Morgan fingerprint density at radius 2 is 2.26 bits per heavy atom. The molecule has 0 saturated carbocycles. The average molecular weight is 261 g/mol. The Hall–Kier alpha value is -1.06. The van der Waals surface area contributed by atoms with Gasteiger partial charge in [0.05, 0.1) is 0 Å². The Labute approximate surface area is 117 Å². The summed E-state index contributed by atoms with van der Waals surface area (Å²) in [4.78, 5) is 2.20. The van der Waals surface area contributed by atoms with Crippen LogP contribution in [0, 0.1) is 0 Å². The van der Waals surface area contributed by atoms with Crippen LogP contribution in [-0.4, -0.2) is 37.6 Å². The minimum atomic E-state index is 0.519. The van der Waals surface area contributed by atoms with E-state index in [0.717, 1.165) is 6.54 Å². The Morgan fingerprint density at radius 3 is 2.95 bits per heavy atom. The fraction of sp³-hybridized carbons (Fsp3) is 0.625. The number of nitrogens with zero attached hydrogens (tertiary/aromatic N) is 1. The van der Waals surface area contributed by atoms with E-state index in [1.54, 1.807) is 0 Å². The molecule has 3 heteroatoms. The second-order valence-electron chi connectivity index (χ2n) is 6.01. The molecule has 1 heterocycles. The van der Waals surface area contributed by atoms with Crippen molar-refractivity contribution in [1.82, 2.24) is 10.2 Å². The summed E-state index contributed by atoms with van der Waals surface area (Å²) < 4.78 is 0. The Balaban J connectivity index is 1.86. The molecule has 1 aliphatic heterocycles. The van der Waals surface area contributed by atoms with Gasteiger partial charge in [-0.15, -0.1) is 0 Å². The number of hydrogen-bond donors (Lipinski definition) is 2. The van der Waals surface area contributed by atoms with Crippen LogP contribution in [0.4, 0.5) is 5.69 Å². The molecule has 19 heavy (non-hydrogen) atoms. The third-order valence-electron chi connectivity index (χ3n) is 3.64. The first-order chi connectivity index (χ1) is 9.13. The van der Waals surface area contributed by atoms with E-state index >= 15 is 0 Å². The molecule has 1 aliphatic rings. The Kier molecular flexibility index (Phi) is 5.23. The predicted molar refractivity (Wildman–Crippen MR) is 82.6 cm³/mol. The fourth-order valence-electron chi connectivity index (χ4n) is 2.85. The summed E-state index contributed by atoms with van der Waals surface area (Å²) in [6.07, 6.45) is 3.86. The molecule has 2 atom stereocenters. The number of benzene rings is 1. The molecule has 2 rings (SSSR count). The van der Waals surface area contributed by atoms with Gasteiger partial charge in [-0.1, -0.05) is 12.1 Å². The molecule has 2 N–H and O–H groups in total. The maximum atomic E-state index is 3.62. The summed E-state index contributed by atoms with van der Waals surface area (Å²) in [6, 6.07) is 9.98. The Morgan fingerprint density at radius 1 is 1.42 bits per heavy atom. The third kappa shape index (κ3) is 4.84. The monoisotopic (exact) mass is 261 g/mol. The van der Waals surface area contributed by atoms with Crippen LogP contribution in [0.2, 0.25) is 0 Å². The topological polar surface area (TPSA) is 27.3 Å². The molecule has 0 spiro atoms. The largest absolute Gasteiger partial charge is 0.383 e. The van der Waals surface area contributed by atoms with Crippen molar-refractivity contribution in [1.29, 1.82) is 0 Å². The highest BCUT2D eigenvalue weighted by Crippen LogP contribution is 2.16. The van der Waals surface area contributed by atoms with Gasteiger partial charge in [-0.25, -0.2) is 0 Å². The van der Waals surface area contributed by atoms with Crippen molar-refractivity contribution in [3.05, 3.63) is 29.8 Å². The molecule has 1 fully saturated rings. The molecule has 0 aromatic heterocycles. The maximum Gasteiger partial charge on any atom is 0.0345 e. The minimum absolute atomic E-state index is 0.519. The molecule has 0 amide bonds. The van der Waals surface area contributed by atoms with Gasteiger partial charge in [0.2, 0.25) is 0 Å². The van der Waals surface area contributed by atoms with Crippen LogP contribution >= 0.6 is 0 Å². The lowest BCUT2D eigenvalue weighted by Gasteiger charge is -2.20. The lowest BCUT2D eigenvalue weighted by Crippen LogP contribution is -2.29. The van der Waals surface area contributed by atoms with Crippen LogP contribution in [0.1, 0.15) is 31.7 Å². The van der Waals surface area contributed by atoms with Crippen molar-refractivity contribution in [2.75, 3.05) is 26.0 Å². The molecular formula is C16H27N3. The first kappa shape index (κ1) is 14.4. The molecule has 0 bridgehead atoms. The van der Waals surface area contributed by atoms with E-state index in [4.69, 9.17) is 0 Å². The van der Waals surface area contributed by atoms with Crippen molar-refractivity contribution in [2.24, 2.45) is 0 Å². The smallest absolute Gasteiger partial charge is 0.0345 e. The molecular weight excluding hydrogens is 234 g/mol. The first-order valence-electron chi connectivity index (χ1n) is 7.37. The second kappa shape index (κ2) is 6.92. The number of hydrogen-bond acceptors (Lipinski definition) is 3. The van der Waals surface area contributed by atoms with Crippen molar-refractivity contribution in [3.63, 3.8) is 0 Å². The molecule has 1 saturated heterocycles. The Bertz CT molecular complexity index is 383. The molecule has 1 aromatic carbocycles.